The minimum atomic E-state index is -0.753. The molecule has 0 heterocycles. The molecule has 0 aliphatic carbocycles. The van der Waals surface area contributed by atoms with Gasteiger partial charge in [0.15, 0.2) is 6.61 Å². The fourth-order valence-electron chi connectivity index (χ4n) is 3.59. The molecule has 0 aliphatic heterocycles. The Morgan fingerprint density at radius 2 is 1.67 bits per heavy atom. The largest absolute Gasteiger partial charge is 0.484 e. The van der Waals surface area contributed by atoms with Crippen LogP contribution < -0.4 is 10.1 Å². The fraction of sp³-hybridized carbons (Fsp3) is 0.286. The van der Waals surface area contributed by atoms with Crippen molar-refractivity contribution in [1.82, 2.24) is 10.2 Å². The third-order valence-electron chi connectivity index (χ3n) is 5.79. The third-order valence-corrected chi connectivity index (χ3v) is 7.05. The molecular weight excluding hydrogens is 563 g/mol. The number of benzene rings is 3. The summed E-state index contributed by atoms with van der Waals surface area (Å²) in [6.07, 6.45) is 1.13. The van der Waals surface area contributed by atoms with Gasteiger partial charge in [-0.15, -0.1) is 0 Å². The number of hydrogen-bond acceptors (Lipinski definition) is 3. The van der Waals surface area contributed by atoms with Gasteiger partial charge in [-0.05, 0) is 60.9 Å². The summed E-state index contributed by atoms with van der Waals surface area (Å²) < 4.78 is 6.69. The molecule has 1 N–H and O–H groups in total. The van der Waals surface area contributed by atoms with Gasteiger partial charge < -0.3 is 15.0 Å². The second kappa shape index (κ2) is 13.7. The van der Waals surface area contributed by atoms with Crippen molar-refractivity contribution in [1.29, 1.82) is 0 Å². The van der Waals surface area contributed by atoms with Crippen molar-refractivity contribution in [2.24, 2.45) is 0 Å². The first kappa shape index (κ1) is 28.0. The molecule has 190 valence electrons. The lowest BCUT2D eigenvalue weighted by molar-refractivity contribution is -0.143. The van der Waals surface area contributed by atoms with E-state index in [1.54, 1.807) is 35.2 Å². The van der Waals surface area contributed by atoms with Crippen molar-refractivity contribution in [2.45, 2.75) is 45.3 Å². The summed E-state index contributed by atoms with van der Waals surface area (Å²) in [4.78, 5) is 28.6. The average molecular weight is 592 g/mol. The third kappa shape index (κ3) is 8.26. The monoisotopic (exact) mass is 590 g/mol. The van der Waals surface area contributed by atoms with Crippen LogP contribution in [0, 0.1) is 0 Å². The number of nitrogens with zero attached hydrogens (tertiary/aromatic N) is 1. The highest BCUT2D eigenvalue weighted by Crippen LogP contribution is 2.24. The Labute approximate surface area is 230 Å². The van der Waals surface area contributed by atoms with Crippen molar-refractivity contribution >= 4 is 50.9 Å². The highest BCUT2D eigenvalue weighted by molar-refractivity contribution is 9.10. The first-order chi connectivity index (χ1) is 17.3. The van der Waals surface area contributed by atoms with Gasteiger partial charge in [-0.1, -0.05) is 82.5 Å². The number of carbonyl (C=O) groups is 2. The van der Waals surface area contributed by atoms with Gasteiger partial charge in [-0.3, -0.25) is 9.59 Å². The molecular formula is C28H29BrCl2N2O3. The van der Waals surface area contributed by atoms with E-state index in [-0.39, 0.29) is 31.0 Å². The van der Waals surface area contributed by atoms with Crippen molar-refractivity contribution in [3.8, 4) is 5.75 Å². The molecule has 8 heteroatoms. The van der Waals surface area contributed by atoms with Crippen molar-refractivity contribution in [3.05, 3.63) is 98.4 Å². The Morgan fingerprint density at radius 1 is 0.972 bits per heavy atom. The lowest BCUT2D eigenvalue weighted by atomic mass is 10.0. The summed E-state index contributed by atoms with van der Waals surface area (Å²) in [6.45, 7) is 3.90. The van der Waals surface area contributed by atoms with Crippen molar-refractivity contribution < 1.29 is 14.3 Å². The van der Waals surface area contributed by atoms with Crippen LogP contribution in [0.15, 0.2) is 77.3 Å². The maximum atomic E-state index is 13.6. The normalized spacial score (nSPS) is 12.5. The second-order valence-corrected chi connectivity index (χ2v) is 10.3. The Bertz CT molecular complexity index is 1160. The van der Waals surface area contributed by atoms with Crippen LogP contribution in [0.4, 0.5) is 0 Å². The smallest absolute Gasteiger partial charge is 0.261 e. The molecule has 3 rings (SSSR count). The van der Waals surface area contributed by atoms with Gasteiger partial charge in [-0.25, -0.2) is 0 Å². The lowest BCUT2D eigenvalue weighted by Crippen LogP contribution is -2.53. The van der Waals surface area contributed by atoms with Gasteiger partial charge in [0.1, 0.15) is 11.8 Å². The van der Waals surface area contributed by atoms with Crippen LogP contribution in [0.3, 0.4) is 0 Å². The molecule has 0 aromatic heterocycles. The summed E-state index contributed by atoms with van der Waals surface area (Å²) >= 11 is 15.7. The van der Waals surface area contributed by atoms with E-state index < -0.39 is 6.04 Å². The molecule has 5 nitrogen and oxygen atoms in total. The zero-order chi connectivity index (χ0) is 26.1. The molecule has 0 bridgehead atoms. The van der Waals surface area contributed by atoms with Crippen LogP contribution in [-0.4, -0.2) is 35.4 Å². The summed E-state index contributed by atoms with van der Waals surface area (Å²) in [5.41, 5.74) is 1.71. The predicted octanol–water partition coefficient (Wildman–Crippen LogP) is 6.69. The molecule has 2 atom stereocenters. The highest BCUT2D eigenvalue weighted by Gasteiger charge is 2.31. The maximum absolute atomic E-state index is 13.6. The summed E-state index contributed by atoms with van der Waals surface area (Å²) in [6, 6.07) is 21.3. The molecule has 0 spiro atoms. The van der Waals surface area contributed by atoms with Crippen LogP contribution in [-0.2, 0) is 22.6 Å². The molecule has 0 fully saturated rings. The Morgan fingerprint density at radius 3 is 2.31 bits per heavy atom. The average Bonchev–Trinajstić information content (AvgIpc) is 2.88. The second-order valence-electron chi connectivity index (χ2n) is 8.54. The van der Waals surface area contributed by atoms with Crippen LogP contribution >= 0.6 is 39.1 Å². The number of rotatable bonds is 11. The number of ether oxygens (including phenoxy) is 1. The Kier molecular flexibility index (Phi) is 10.7. The summed E-state index contributed by atoms with van der Waals surface area (Å²) in [5.74, 6) is 0.0270. The van der Waals surface area contributed by atoms with Gasteiger partial charge in [0.2, 0.25) is 5.91 Å². The number of hydrogen-bond donors (Lipinski definition) is 1. The molecule has 0 radical (unpaired) electrons. The number of carbonyl (C=O) groups excluding carboxylic acids is 2. The number of halogens is 3. The molecule has 0 saturated carbocycles. The fourth-order valence-corrected chi connectivity index (χ4v) is 4.17. The van der Waals surface area contributed by atoms with Crippen molar-refractivity contribution in [3.63, 3.8) is 0 Å². The van der Waals surface area contributed by atoms with Gasteiger partial charge in [0.05, 0.1) is 10.0 Å². The van der Waals surface area contributed by atoms with Gasteiger partial charge in [0.25, 0.3) is 5.91 Å². The Balaban J connectivity index is 1.92. The minimum absolute atomic E-state index is 0.0308. The van der Waals surface area contributed by atoms with E-state index >= 15 is 0 Å². The van der Waals surface area contributed by atoms with E-state index in [2.05, 4.69) is 21.2 Å². The van der Waals surface area contributed by atoms with Gasteiger partial charge in [0, 0.05) is 23.5 Å². The number of amides is 2. The predicted molar refractivity (Wildman–Crippen MR) is 148 cm³/mol. The van der Waals surface area contributed by atoms with Crippen molar-refractivity contribution in [2.75, 3.05) is 6.61 Å². The SMILES string of the molecule is CC[C@@H](C)NC(=O)[C@@H](Cc1ccccc1)N(Cc1ccc(Cl)c(Cl)c1)C(=O)COc1ccc(Br)cc1. The van der Waals surface area contributed by atoms with Crippen LogP contribution in [0.2, 0.25) is 10.0 Å². The standard InChI is InChI=1S/C28H29BrCl2N2O3/c1-3-19(2)32-28(35)26(16-20-7-5-4-6-8-20)33(17-21-9-14-24(30)25(31)15-21)27(34)18-36-23-12-10-22(29)11-13-23/h4-15,19,26H,3,16-18H2,1-2H3,(H,32,35)/t19-,26-/m1/s1. The maximum Gasteiger partial charge on any atom is 0.261 e. The van der Waals surface area contributed by atoms with E-state index in [1.807, 2.05) is 56.3 Å². The Hall–Kier alpha value is -2.54. The zero-order valence-electron chi connectivity index (χ0n) is 20.2. The highest BCUT2D eigenvalue weighted by atomic mass is 79.9. The van der Waals surface area contributed by atoms with Gasteiger partial charge >= 0.3 is 0 Å². The molecule has 0 saturated heterocycles. The van der Waals surface area contributed by atoms with Crippen LogP contribution in [0.1, 0.15) is 31.4 Å². The molecule has 36 heavy (non-hydrogen) atoms. The van der Waals surface area contributed by atoms with E-state index in [4.69, 9.17) is 27.9 Å². The summed E-state index contributed by atoms with van der Waals surface area (Å²) in [7, 11) is 0. The molecule has 0 unspecified atom stereocenters. The topological polar surface area (TPSA) is 58.6 Å². The lowest BCUT2D eigenvalue weighted by Gasteiger charge is -2.32. The molecule has 2 amide bonds. The zero-order valence-corrected chi connectivity index (χ0v) is 23.3. The van der Waals surface area contributed by atoms with E-state index in [9.17, 15) is 9.59 Å². The number of nitrogens with one attached hydrogen (secondary N) is 1. The van der Waals surface area contributed by atoms with Gasteiger partial charge in [-0.2, -0.15) is 0 Å². The van der Waals surface area contributed by atoms with E-state index in [0.717, 1.165) is 22.0 Å². The first-order valence-electron chi connectivity index (χ1n) is 11.7. The quantitative estimate of drug-likeness (QED) is 0.270. The molecule has 0 aliphatic rings. The van der Waals surface area contributed by atoms with Crippen LogP contribution in [0.25, 0.3) is 0 Å². The minimum Gasteiger partial charge on any atom is -0.484 e. The molecule has 3 aromatic rings. The van der Waals surface area contributed by atoms with E-state index in [1.165, 1.54) is 0 Å². The van der Waals surface area contributed by atoms with E-state index in [0.29, 0.717) is 22.2 Å². The summed E-state index contributed by atoms with van der Waals surface area (Å²) in [5, 5.41) is 3.85. The molecule has 3 aromatic carbocycles. The first-order valence-corrected chi connectivity index (χ1v) is 13.3. The van der Waals surface area contributed by atoms with Crippen LogP contribution in [0.5, 0.6) is 5.75 Å².